The molecule has 4 aliphatic rings. The van der Waals surface area contributed by atoms with E-state index in [1.807, 2.05) is 18.4 Å². The molecular formula is C21H27NO3S. The second kappa shape index (κ2) is 6.91. The summed E-state index contributed by atoms with van der Waals surface area (Å²) in [6.45, 7) is 1.67. The maximum atomic E-state index is 12.7. The largest absolute Gasteiger partial charge is 0.449 e. The Kier molecular flexibility index (Phi) is 4.76. The summed E-state index contributed by atoms with van der Waals surface area (Å²) in [5.41, 5.74) is 0.434. The molecule has 0 saturated heterocycles. The van der Waals surface area contributed by atoms with E-state index in [-0.39, 0.29) is 11.4 Å². The van der Waals surface area contributed by atoms with Crippen LogP contribution < -0.4 is 5.32 Å². The number of carbonyl (C=O) groups is 2. The Bertz CT molecular complexity index is 664. The van der Waals surface area contributed by atoms with Gasteiger partial charge in [-0.3, -0.25) is 4.79 Å². The first-order chi connectivity index (χ1) is 12.5. The fourth-order valence-corrected chi connectivity index (χ4v) is 6.04. The van der Waals surface area contributed by atoms with Crippen LogP contribution in [0.4, 0.5) is 0 Å². The van der Waals surface area contributed by atoms with Crippen LogP contribution >= 0.6 is 11.8 Å². The number of esters is 1. The number of hydrogen-bond acceptors (Lipinski definition) is 4. The Balaban J connectivity index is 1.36. The first-order valence-corrected chi connectivity index (χ1v) is 10.9. The maximum Gasteiger partial charge on any atom is 0.338 e. The summed E-state index contributed by atoms with van der Waals surface area (Å²) < 4.78 is 5.43. The molecule has 0 spiro atoms. The van der Waals surface area contributed by atoms with Gasteiger partial charge in [0.15, 0.2) is 6.10 Å². The van der Waals surface area contributed by atoms with Crippen LogP contribution in [-0.2, 0) is 9.53 Å². The van der Waals surface area contributed by atoms with E-state index in [4.69, 9.17) is 4.74 Å². The van der Waals surface area contributed by atoms with Crippen LogP contribution in [0.1, 0.15) is 55.8 Å². The van der Waals surface area contributed by atoms with Gasteiger partial charge in [0.05, 0.1) is 5.56 Å². The van der Waals surface area contributed by atoms with Gasteiger partial charge in [0.25, 0.3) is 5.91 Å². The molecule has 4 fully saturated rings. The molecule has 0 radical (unpaired) electrons. The highest BCUT2D eigenvalue weighted by atomic mass is 32.2. The molecule has 1 aromatic rings. The number of amides is 1. The molecule has 4 bridgehead atoms. The lowest BCUT2D eigenvalue weighted by Crippen LogP contribution is -2.61. The third kappa shape index (κ3) is 3.51. The summed E-state index contributed by atoms with van der Waals surface area (Å²) in [4.78, 5) is 26.1. The summed E-state index contributed by atoms with van der Waals surface area (Å²) >= 11 is 1.62. The average Bonchev–Trinajstić information content (AvgIpc) is 2.60. The lowest BCUT2D eigenvalue weighted by atomic mass is 9.53. The molecule has 5 rings (SSSR count). The quantitative estimate of drug-likeness (QED) is 0.625. The van der Waals surface area contributed by atoms with Gasteiger partial charge in [-0.1, -0.05) is 0 Å². The number of carbonyl (C=O) groups excluding carboxylic acids is 2. The molecule has 1 amide bonds. The Hall–Kier alpha value is -1.49. The fourth-order valence-electron chi connectivity index (χ4n) is 5.64. The lowest BCUT2D eigenvalue weighted by molar-refractivity contribution is -0.134. The minimum Gasteiger partial charge on any atom is -0.449 e. The van der Waals surface area contributed by atoms with Crippen LogP contribution in [0.25, 0.3) is 0 Å². The van der Waals surface area contributed by atoms with Crippen molar-refractivity contribution in [2.24, 2.45) is 17.8 Å². The van der Waals surface area contributed by atoms with Crippen molar-refractivity contribution in [2.75, 3.05) is 6.26 Å². The summed E-state index contributed by atoms with van der Waals surface area (Å²) in [5, 5.41) is 3.28. The number of ether oxygens (including phenoxy) is 1. The predicted octanol–water partition coefficient (Wildman–Crippen LogP) is 4.04. The molecule has 26 heavy (non-hydrogen) atoms. The third-order valence-corrected chi connectivity index (χ3v) is 7.15. The Morgan fingerprint density at radius 3 is 2.12 bits per heavy atom. The van der Waals surface area contributed by atoms with Crippen LogP contribution in [-0.4, -0.2) is 29.8 Å². The molecule has 0 aromatic heterocycles. The van der Waals surface area contributed by atoms with Gasteiger partial charge in [-0.2, -0.15) is 0 Å². The number of thioether (sulfide) groups is 1. The van der Waals surface area contributed by atoms with Crippen molar-refractivity contribution in [2.45, 2.75) is 62.0 Å². The van der Waals surface area contributed by atoms with Crippen molar-refractivity contribution >= 4 is 23.6 Å². The monoisotopic (exact) mass is 373 g/mol. The Labute approximate surface area is 159 Å². The molecule has 1 atom stereocenters. The maximum absolute atomic E-state index is 12.7. The highest BCUT2D eigenvalue weighted by Crippen LogP contribution is 2.55. The predicted molar refractivity (Wildman–Crippen MR) is 102 cm³/mol. The zero-order valence-electron chi connectivity index (χ0n) is 15.5. The standard InChI is InChI=1S/C21H27NO3S/c1-13(25-20(24)17-3-5-18(26-2)6-4-17)19(23)22-21-10-14-7-15(11-21)9-16(8-14)12-21/h3-6,13-16H,7-12H2,1-2H3,(H,22,23)/t13-,14?,15?,16?,21?/m1/s1. The van der Waals surface area contributed by atoms with Crippen LogP contribution in [0.3, 0.4) is 0 Å². The normalized spacial score (nSPS) is 32.9. The van der Waals surface area contributed by atoms with Crippen molar-refractivity contribution in [3.8, 4) is 0 Å². The fraction of sp³-hybridized carbons (Fsp3) is 0.619. The van der Waals surface area contributed by atoms with E-state index in [2.05, 4.69) is 5.32 Å². The molecule has 0 aliphatic heterocycles. The number of rotatable bonds is 5. The minimum atomic E-state index is -0.768. The minimum absolute atomic E-state index is 0.0491. The van der Waals surface area contributed by atoms with Crippen molar-refractivity contribution in [1.82, 2.24) is 5.32 Å². The zero-order valence-corrected chi connectivity index (χ0v) is 16.3. The van der Waals surface area contributed by atoms with Gasteiger partial charge in [0.1, 0.15) is 0 Å². The molecular weight excluding hydrogens is 346 g/mol. The summed E-state index contributed by atoms with van der Waals surface area (Å²) in [6.07, 6.45) is 8.54. The molecule has 1 N–H and O–H groups in total. The van der Waals surface area contributed by atoms with E-state index >= 15 is 0 Å². The molecule has 0 heterocycles. The Morgan fingerprint density at radius 1 is 1.08 bits per heavy atom. The third-order valence-electron chi connectivity index (χ3n) is 6.41. The smallest absolute Gasteiger partial charge is 0.338 e. The topological polar surface area (TPSA) is 55.4 Å². The van der Waals surface area contributed by atoms with Crippen LogP contribution in [0.2, 0.25) is 0 Å². The van der Waals surface area contributed by atoms with Gasteiger partial charge in [-0.25, -0.2) is 4.79 Å². The highest BCUT2D eigenvalue weighted by molar-refractivity contribution is 7.98. The van der Waals surface area contributed by atoms with Crippen LogP contribution in [0, 0.1) is 17.8 Å². The highest BCUT2D eigenvalue weighted by Gasteiger charge is 2.51. The number of benzene rings is 1. The molecule has 4 nitrogen and oxygen atoms in total. The lowest BCUT2D eigenvalue weighted by Gasteiger charge is -2.57. The van der Waals surface area contributed by atoms with Crippen molar-refractivity contribution in [3.05, 3.63) is 29.8 Å². The van der Waals surface area contributed by atoms with Crippen molar-refractivity contribution < 1.29 is 14.3 Å². The molecule has 4 saturated carbocycles. The second-order valence-corrected chi connectivity index (χ2v) is 9.34. The molecule has 4 aliphatic carbocycles. The molecule has 1 aromatic carbocycles. The van der Waals surface area contributed by atoms with Crippen LogP contribution in [0.5, 0.6) is 0 Å². The van der Waals surface area contributed by atoms with Gasteiger partial charge in [0, 0.05) is 10.4 Å². The first-order valence-electron chi connectivity index (χ1n) is 9.63. The Morgan fingerprint density at radius 2 is 1.62 bits per heavy atom. The van der Waals surface area contributed by atoms with E-state index in [1.54, 1.807) is 30.8 Å². The van der Waals surface area contributed by atoms with Gasteiger partial charge in [0.2, 0.25) is 0 Å². The summed E-state index contributed by atoms with van der Waals surface area (Å²) in [7, 11) is 0. The van der Waals surface area contributed by atoms with Crippen molar-refractivity contribution in [1.29, 1.82) is 0 Å². The van der Waals surface area contributed by atoms with E-state index in [1.165, 1.54) is 19.3 Å². The first kappa shape index (κ1) is 17.9. The number of nitrogens with one attached hydrogen (secondary N) is 1. The van der Waals surface area contributed by atoms with Gasteiger partial charge in [-0.05, 0) is 93.7 Å². The summed E-state index contributed by atoms with van der Waals surface area (Å²) in [6, 6.07) is 7.28. The van der Waals surface area contributed by atoms with E-state index in [0.717, 1.165) is 41.9 Å². The van der Waals surface area contributed by atoms with Crippen molar-refractivity contribution in [3.63, 3.8) is 0 Å². The van der Waals surface area contributed by atoms with E-state index in [0.29, 0.717) is 5.56 Å². The van der Waals surface area contributed by atoms with Gasteiger partial charge in [-0.15, -0.1) is 11.8 Å². The van der Waals surface area contributed by atoms with Crippen LogP contribution in [0.15, 0.2) is 29.2 Å². The molecule has 0 unspecified atom stereocenters. The van der Waals surface area contributed by atoms with Gasteiger partial charge < -0.3 is 10.1 Å². The van der Waals surface area contributed by atoms with Gasteiger partial charge >= 0.3 is 5.97 Å². The second-order valence-electron chi connectivity index (χ2n) is 8.46. The summed E-state index contributed by atoms with van der Waals surface area (Å²) in [5.74, 6) is 1.73. The zero-order chi connectivity index (χ0) is 18.3. The molecule has 140 valence electrons. The SMILES string of the molecule is CSc1ccc(C(=O)O[C@H](C)C(=O)NC23CC4CC(CC(C4)C2)C3)cc1. The number of hydrogen-bond donors (Lipinski definition) is 1. The van der Waals surface area contributed by atoms with E-state index in [9.17, 15) is 9.59 Å². The van der Waals surface area contributed by atoms with E-state index < -0.39 is 12.1 Å². The average molecular weight is 374 g/mol. The molecule has 5 heteroatoms.